The van der Waals surface area contributed by atoms with Crippen molar-refractivity contribution in [2.24, 2.45) is 0 Å². The van der Waals surface area contributed by atoms with Gasteiger partial charge in [0.2, 0.25) is 0 Å². The van der Waals surface area contributed by atoms with Gasteiger partial charge in [-0.3, -0.25) is 0 Å². The molecule has 131 heavy (non-hydrogen) atoms. The molecular formula is C128H149NO2. The zero-order chi connectivity index (χ0) is 90.0. The second-order valence-electron chi connectivity index (χ2n) is 42.4. The molecular weight excluding hydrogens is 1580 g/mol. The number of hydrogen-bond acceptors (Lipinski definition) is 3. The van der Waals surface area contributed by atoms with E-state index in [4.69, 9.17) is 8.83 Å². The van der Waals surface area contributed by atoms with Crippen LogP contribution in [0, 0.1) is 6.92 Å². The number of anilines is 3. The molecule has 12 aromatic carbocycles. The molecule has 0 atom stereocenters. The van der Waals surface area contributed by atoms with E-state index in [0.29, 0.717) is 0 Å². The van der Waals surface area contributed by atoms with Gasteiger partial charge in [-0.25, -0.2) is 0 Å². The SMILES string of the molecule is CCCCCCCCC1(CCCCCCCC)c2cc(N(c3ccc(C)cc3)c3ccc4c(c3)C(C)(C)c3cc(-c5ccc6c(c5)C(C)(C)c5cc(-c7ccc8c(c7)C(CCCCCCC)(CCCCCCC)c7ccccc7-8)ccc5-6)c5oc6ccccc6c5c3-4)ccc2-c2cc3c(cc21)-c1c(ccc2oc4ccccc4c12)C3(CCCCCCCC)CCCCCCCC. The lowest BCUT2D eigenvalue weighted by Crippen LogP contribution is -2.27. The number of para-hydroxylation sites is 2. The van der Waals surface area contributed by atoms with Gasteiger partial charge < -0.3 is 13.7 Å². The van der Waals surface area contributed by atoms with E-state index < -0.39 is 0 Å². The van der Waals surface area contributed by atoms with Crippen LogP contribution in [-0.2, 0) is 27.1 Å². The standard InChI is InChI=1S/C128H149NO2/c1-12-18-24-30-36-48-76-127(77-49-37-31-25-19-13-2)107-72-73-118-121(101-53-41-44-56-116(101)130-118)120(107)105-87-113-104(86-114(105)127)99-70-65-94(84-112(99)128(113,78-50-38-32-26-20-14-3)79-51-39-33-27-21-15-4)129(92-63-58-88(7)59-64-92)93-66-71-100-110(83-93)125(10,11)115-85-103(123-122(119(100)115)102-54-42-45-57-117(102)131-123)91-62-69-97-96-67-60-89(80-108(96)124(8,9)109(97)82-91)90-61-68-98-95-52-40-43-55-106(95)126(111(98)81-90,74-46-34-28-22-16-5)75-47-35-29-23-17-6/h40-45,52-73,80-87H,12-39,46-51,74-79H2,1-11H3. The number of unbranched alkanes of at least 4 members (excludes halogenated alkanes) is 28. The minimum atomic E-state index is -0.386. The fourth-order valence-electron chi connectivity index (χ4n) is 26.1. The number of benzene rings is 12. The Morgan fingerprint density at radius 2 is 0.580 bits per heavy atom. The number of hydrogen-bond donors (Lipinski definition) is 0. The van der Waals surface area contributed by atoms with E-state index in [1.54, 1.807) is 33.4 Å². The van der Waals surface area contributed by atoms with Crippen LogP contribution in [0.25, 0.3) is 122 Å². The number of furan rings is 2. The van der Waals surface area contributed by atoms with Crippen LogP contribution in [0.5, 0.6) is 0 Å². The predicted molar refractivity (Wildman–Crippen MR) is 564 cm³/mol. The number of nitrogens with zero attached hydrogens (tertiary/aromatic N) is 1. The van der Waals surface area contributed by atoms with Crippen molar-refractivity contribution >= 4 is 60.9 Å². The first-order chi connectivity index (χ1) is 64.1. The molecule has 5 aliphatic carbocycles. The van der Waals surface area contributed by atoms with E-state index in [9.17, 15) is 0 Å². The number of rotatable bonds is 45. The summed E-state index contributed by atoms with van der Waals surface area (Å²) in [4.78, 5) is 2.65. The van der Waals surface area contributed by atoms with E-state index in [1.807, 2.05) is 0 Å². The zero-order valence-electron chi connectivity index (χ0n) is 81.8. The Kier molecular flexibility index (Phi) is 26.8. The number of aryl methyl sites for hydroxylation is 1. The molecule has 14 aromatic rings. The molecule has 678 valence electrons. The number of fused-ring (bicyclic) bond motifs is 23. The lowest BCUT2D eigenvalue weighted by atomic mass is 9.68. The Labute approximate surface area is 786 Å². The fraction of sp³-hybridized carbons (Fsp3) is 0.438. The molecule has 0 radical (unpaired) electrons. The maximum Gasteiger partial charge on any atom is 0.143 e. The van der Waals surface area contributed by atoms with Gasteiger partial charge in [0.25, 0.3) is 0 Å². The summed E-state index contributed by atoms with van der Waals surface area (Å²) < 4.78 is 14.4. The Morgan fingerprint density at radius 3 is 1.13 bits per heavy atom. The first-order valence-corrected chi connectivity index (χ1v) is 53.0. The molecule has 0 fully saturated rings. The third-order valence-electron chi connectivity index (χ3n) is 33.2. The topological polar surface area (TPSA) is 29.5 Å². The average Bonchev–Trinajstić information content (AvgIpc) is 1.52. The second kappa shape index (κ2) is 38.9. The molecule has 0 saturated heterocycles. The van der Waals surface area contributed by atoms with Crippen molar-refractivity contribution in [3.05, 3.63) is 280 Å². The highest BCUT2D eigenvalue weighted by Crippen LogP contribution is 2.65. The van der Waals surface area contributed by atoms with Gasteiger partial charge in [-0.15, -0.1) is 0 Å². The summed E-state index contributed by atoms with van der Waals surface area (Å²) in [6.07, 6.45) is 50.9. The molecule has 0 amide bonds. The fourth-order valence-corrected chi connectivity index (χ4v) is 26.1. The van der Waals surface area contributed by atoms with Crippen molar-refractivity contribution in [2.45, 2.75) is 360 Å². The summed E-state index contributed by atoms with van der Waals surface area (Å²) in [7, 11) is 0. The maximum absolute atomic E-state index is 7.37. The summed E-state index contributed by atoms with van der Waals surface area (Å²) in [5, 5.41) is 4.97. The monoisotopic (exact) mass is 1730 g/mol. The van der Waals surface area contributed by atoms with E-state index in [2.05, 4.69) is 299 Å². The zero-order valence-corrected chi connectivity index (χ0v) is 81.8. The normalized spacial score (nSPS) is 15.0. The summed E-state index contributed by atoms with van der Waals surface area (Å²) in [5.74, 6) is 0. The summed E-state index contributed by atoms with van der Waals surface area (Å²) >= 11 is 0. The molecule has 19 rings (SSSR count). The lowest BCUT2D eigenvalue weighted by Gasteiger charge is -2.35. The summed E-state index contributed by atoms with van der Waals surface area (Å²) in [6, 6.07) is 88.0. The van der Waals surface area contributed by atoms with Gasteiger partial charge >= 0.3 is 0 Å². The van der Waals surface area contributed by atoms with Crippen LogP contribution in [0.15, 0.2) is 227 Å². The van der Waals surface area contributed by atoms with E-state index >= 15 is 0 Å². The predicted octanol–water partition coefficient (Wildman–Crippen LogP) is 39.7. The first kappa shape index (κ1) is 90.2. The van der Waals surface area contributed by atoms with E-state index in [-0.39, 0.29) is 27.1 Å². The van der Waals surface area contributed by atoms with Crippen LogP contribution in [0.1, 0.15) is 387 Å². The molecule has 0 saturated carbocycles. The van der Waals surface area contributed by atoms with Crippen LogP contribution in [0.4, 0.5) is 17.1 Å². The Balaban J connectivity index is 0.716. The van der Waals surface area contributed by atoms with Crippen molar-refractivity contribution in [1.29, 1.82) is 0 Å². The smallest absolute Gasteiger partial charge is 0.143 e. The quantitative estimate of drug-likeness (QED) is 0.0356. The highest BCUT2D eigenvalue weighted by Gasteiger charge is 2.51. The third-order valence-corrected chi connectivity index (χ3v) is 33.2. The molecule has 0 N–H and O–H groups in total. The van der Waals surface area contributed by atoms with Gasteiger partial charge in [-0.05, 0) is 264 Å². The van der Waals surface area contributed by atoms with Gasteiger partial charge in [0, 0.05) is 71.2 Å². The van der Waals surface area contributed by atoms with Crippen LogP contribution >= 0.6 is 0 Å². The van der Waals surface area contributed by atoms with Gasteiger partial charge in [0.15, 0.2) is 0 Å². The summed E-state index contributed by atoms with van der Waals surface area (Å²) in [5.41, 5.74) is 41.9. The van der Waals surface area contributed by atoms with Gasteiger partial charge in [-0.1, -0.05) is 421 Å². The van der Waals surface area contributed by atoms with Crippen LogP contribution < -0.4 is 4.90 Å². The largest absolute Gasteiger partial charge is 0.456 e. The van der Waals surface area contributed by atoms with Gasteiger partial charge in [0.1, 0.15) is 22.3 Å². The Hall–Kier alpha value is -9.96. The van der Waals surface area contributed by atoms with Crippen molar-refractivity contribution < 1.29 is 8.83 Å². The molecule has 0 bridgehead atoms. The Morgan fingerprint density at radius 1 is 0.229 bits per heavy atom. The second-order valence-corrected chi connectivity index (χ2v) is 42.4. The van der Waals surface area contributed by atoms with Crippen LogP contribution in [0.2, 0.25) is 0 Å². The molecule has 2 heterocycles. The van der Waals surface area contributed by atoms with Crippen LogP contribution in [0.3, 0.4) is 0 Å². The van der Waals surface area contributed by atoms with Crippen molar-refractivity contribution in [3.63, 3.8) is 0 Å². The van der Waals surface area contributed by atoms with Gasteiger partial charge in [0.05, 0.1) is 0 Å². The average molecular weight is 1730 g/mol. The molecule has 0 spiro atoms. The highest BCUT2D eigenvalue weighted by atomic mass is 16.3. The highest BCUT2D eigenvalue weighted by molar-refractivity contribution is 6.19. The minimum Gasteiger partial charge on any atom is -0.456 e. The third kappa shape index (κ3) is 16.4. The minimum absolute atomic E-state index is 0.0280. The van der Waals surface area contributed by atoms with Gasteiger partial charge in [-0.2, -0.15) is 0 Å². The van der Waals surface area contributed by atoms with E-state index in [1.165, 1.54) is 383 Å². The molecule has 2 aromatic heterocycles. The van der Waals surface area contributed by atoms with Crippen molar-refractivity contribution in [3.8, 4) is 77.9 Å². The van der Waals surface area contributed by atoms with E-state index in [0.717, 1.165) is 40.7 Å². The molecule has 3 heteroatoms. The first-order valence-electron chi connectivity index (χ1n) is 53.0. The summed E-state index contributed by atoms with van der Waals surface area (Å²) in [6.45, 7) is 26.4. The Bertz CT molecular complexity index is 6390. The molecule has 0 aliphatic heterocycles. The van der Waals surface area contributed by atoms with Crippen molar-refractivity contribution in [2.75, 3.05) is 4.90 Å². The van der Waals surface area contributed by atoms with Crippen molar-refractivity contribution in [1.82, 2.24) is 0 Å². The maximum atomic E-state index is 7.37. The lowest BCUT2D eigenvalue weighted by molar-refractivity contribution is 0.394. The molecule has 5 aliphatic rings. The molecule has 0 unspecified atom stereocenters. The molecule has 3 nitrogen and oxygen atoms in total. The van der Waals surface area contributed by atoms with Crippen LogP contribution in [-0.4, -0.2) is 0 Å².